The first kappa shape index (κ1) is 14.3. The minimum Gasteiger partial charge on any atom is -0.331 e. The number of rotatable bonds is 3. The molecule has 0 bridgehead atoms. The van der Waals surface area contributed by atoms with Gasteiger partial charge in [-0.3, -0.25) is 4.68 Å². The summed E-state index contributed by atoms with van der Waals surface area (Å²) in [5.74, 6) is 0. The number of likely N-dealkylation sites (tertiary alicyclic amines) is 1. The summed E-state index contributed by atoms with van der Waals surface area (Å²) in [7, 11) is 0. The second-order valence-corrected chi connectivity index (χ2v) is 6.42. The lowest BCUT2D eigenvalue weighted by molar-refractivity contribution is 0.162. The van der Waals surface area contributed by atoms with E-state index in [4.69, 9.17) is 0 Å². The maximum atomic E-state index is 12.2. The first-order chi connectivity index (χ1) is 11.3. The standard InChI is InChI=1S/C18H22N4O/c23-18(21-10-5-11-21)20-16-8-4-9-17-15(16)12-19-22(17)13-14-6-2-1-3-7-14/h1-3,6-7,12,16H,4-5,8-11,13H2,(H,20,23)/t16-/m0/s1. The van der Waals surface area contributed by atoms with Crippen LogP contribution in [0, 0.1) is 0 Å². The van der Waals surface area contributed by atoms with E-state index in [0.717, 1.165) is 45.3 Å². The lowest BCUT2D eigenvalue weighted by Crippen LogP contribution is -2.49. The molecular formula is C18H22N4O. The van der Waals surface area contributed by atoms with E-state index in [2.05, 4.69) is 39.4 Å². The van der Waals surface area contributed by atoms with E-state index in [1.54, 1.807) is 0 Å². The van der Waals surface area contributed by atoms with E-state index in [1.165, 1.54) is 16.8 Å². The molecule has 1 aromatic carbocycles. The largest absolute Gasteiger partial charge is 0.331 e. The number of urea groups is 1. The van der Waals surface area contributed by atoms with Gasteiger partial charge in [-0.2, -0.15) is 5.10 Å². The Bertz CT molecular complexity index is 690. The summed E-state index contributed by atoms with van der Waals surface area (Å²) in [6, 6.07) is 10.6. The Kier molecular flexibility index (Phi) is 3.77. The highest BCUT2D eigenvalue weighted by Gasteiger charge is 2.28. The Labute approximate surface area is 136 Å². The summed E-state index contributed by atoms with van der Waals surface area (Å²) in [4.78, 5) is 14.1. The van der Waals surface area contributed by atoms with Gasteiger partial charge in [-0.15, -0.1) is 0 Å². The van der Waals surface area contributed by atoms with Gasteiger partial charge in [0, 0.05) is 24.3 Å². The molecule has 120 valence electrons. The van der Waals surface area contributed by atoms with Crippen LogP contribution in [0.25, 0.3) is 0 Å². The lowest BCUT2D eigenvalue weighted by Gasteiger charge is -2.33. The fourth-order valence-electron chi connectivity index (χ4n) is 3.42. The molecule has 1 aliphatic heterocycles. The van der Waals surface area contributed by atoms with Crippen LogP contribution in [-0.4, -0.2) is 33.8 Å². The number of nitrogens with one attached hydrogen (secondary N) is 1. The van der Waals surface area contributed by atoms with E-state index in [1.807, 2.05) is 17.2 Å². The minimum atomic E-state index is 0.0740. The zero-order chi connectivity index (χ0) is 15.6. The zero-order valence-corrected chi connectivity index (χ0v) is 13.2. The average Bonchev–Trinajstić information content (AvgIpc) is 2.91. The number of hydrogen-bond acceptors (Lipinski definition) is 2. The van der Waals surface area contributed by atoms with Gasteiger partial charge in [-0.25, -0.2) is 4.79 Å². The maximum absolute atomic E-state index is 12.2. The SMILES string of the molecule is O=C(N[C@H]1CCCc2c1cnn2Cc1ccccc1)N1CCC1. The van der Waals surface area contributed by atoms with E-state index in [0.29, 0.717) is 0 Å². The molecular weight excluding hydrogens is 288 g/mol. The van der Waals surface area contributed by atoms with E-state index in [-0.39, 0.29) is 12.1 Å². The summed E-state index contributed by atoms with van der Waals surface area (Å²) in [6.45, 7) is 2.57. The first-order valence-electron chi connectivity index (χ1n) is 8.45. The minimum absolute atomic E-state index is 0.0740. The second kappa shape index (κ2) is 6.07. The van der Waals surface area contributed by atoms with Crippen LogP contribution >= 0.6 is 0 Å². The van der Waals surface area contributed by atoms with Crippen molar-refractivity contribution in [2.24, 2.45) is 0 Å². The van der Waals surface area contributed by atoms with Crippen molar-refractivity contribution in [2.45, 2.75) is 38.3 Å². The number of aromatic nitrogens is 2. The van der Waals surface area contributed by atoms with Crippen LogP contribution in [0.2, 0.25) is 0 Å². The number of fused-ring (bicyclic) bond motifs is 1. The van der Waals surface area contributed by atoms with Crippen LogP contribution in [0.1, 0.15) is 42.1 Å². The molecule has 2 amide bonds. The highest BCUT2D eigenvalue weighted by molar-refractivity contribution is 5.75. The van der Waals surface area contributed by atoms with Crippen molar-refractivity contribution in [3.63, 3.8) is 0 Å². The van der Waals surface area contributed by atoms with Gasteiger partial charge in [0.05, 0.1) is 18.8 Å². The third-order valence-corrected chi connectivity index (χ3v) is 4.88. The maximum Gasteiger partial charge on any atom is 0.317 e. The Hall–Kier alpha value is -2.30. The van der Waals surface area contributed by atoms with E-state index in [9.17, 15) is 4.79 Å². The van der Waals surface area contributed by atoms with Crippen LogP contribution in [0.5, 0.6) is 0 Å². The molecule has 0 saturated carbocycles. The van der Waals surface area contributed by atoms with Crippen LogP contribution in [0.15, 0.2) is 36.5 Å². The second-order valence-electron chi connectivity index (χ2n) is 6.42. The molecule has 5 heteroatoms. The zero-order valence-electron chi connectivity index (χ0n) is 13.2. The summed E-state index contributed by atoms with van der Waals surface area (Å²) in [6.07, 6.45) is 6.21. The fraction of sp³-hybridized carbons (Fsp3) is 0.444. The molecule has 2 heterocycles. The first-order valence-corrected chi connectivity index (χ1v) is 8.45. The summed E-state index contributed by atoms with van der Waals surface area (Å²) in [5, 5.41) is 7.77. The molecule has 2 aromatic rings. The van der Waals surface area contributed by atoms with Crippen molar-refractivity contribution in [1.82, 2.24) is 20.0 Å². The Morgan fingerprint density at radius 3 is 2.78 bits per heavy atom. The van der Waals surface area contributed by atoms with Crippen molar-refractivity contribution in [3.8, 4) is 0 Å². The molecule has 4 rings (SSSR count). The summed E-state index contributed by atoms with van der Waals surface area (Å²) in [5.41, 5.74) is 3.72. The summed E-state index contributed by atoms with van der Waals surface area (Å²) < 4.78 is 2.09. The Morgan fingerprint density at radius 2 is 2.04 bits per heavy atom. The Morgan fingerprint density at radius 1 is 1.22 bits per heavy atom. The van der Waals surface area contributed by atoms with Crippen molar-refractivity contribution >= 4 is 6.03 Å². The van der Waals surface area contributed by atoms with Crippen LogP contribution in [0.4, 0.5) is 4.79 Å². The molecule has 1 atom stereocenters. The van der Waals surface area contributed by atoms with Gasteiger partial charge in [0.25, 0.3) is 0 Å². The average molecular weight is 310 g/mol. The van der Waals surface area contributed by atoms with Gasteiger partial charge in [-0.1, -0.05) is 30.3 Å². The lowest BCUT2D eigenvalue weighted by atomic mass is 9.93. The molecule has 5 nitrogen and oxygen atoms in total. The number of benzene rings is 1. The topological polar surface area (TPSA) is 50.2 Å². The number of hydrogen-bond donors (Lipinski definition) is 1. The summed E-state index contributed by atoms with van der Waals surface area (Å²) >= 11 is 0. The van der Waals surface area contributed by atoms with Crippen LogP contribution in [0.3, 0.4) is 0 Å². The van der Waals surface area contributed by atoms with Crippen LogP contribution in [-0.2, 0) is 13.0 Å². The van der Waals surface area contributed by atoms with Gasteiger partial charge < -0.3 is 10.2 Å². The van der Waals surface area contributed by atoms with Gasteiger partial charge in [-0.05, 0) is 31.2 Å². The molecule has 1 N–H and O–H groups in total. The molecule has 0 spiro atoms. The predicted octanol–water partition coefficient (Wildman–Crippen LogP) is 2.72. The highest BCUT2D eigenvalue weighted by atomic mass is 16.2. The molecule has 0 radical (unpaired) electrons. The Balaban J connectivity index is 1.51. The van der Waals surface area contributed by atoms with Gasteiger partial charge in [0.2, 0.25) is 0 Å². The predicted molar refractivity (Wildman–Crippen MR) is 88.2 cm³/mol. The fourth-order valence-corrected chi connectivity index (χ4v) is 3.42. The molecule has 1 aromatic heterocycles. The highest BCUT2D eigenvalue weighted by Crippen LogP contribution is 2.30. The van der Waals surface area contributed by atoms with Gasteiger partial charge in [0.15, 0.2) is 0 Å². The smallest absolute Gasteiger partial charge is 0.317 e. The van der Waals surface area contributed by atoms with Gasteiger partial charge >= 0.3 is 6.03 Å². The normalized spacial score (nSPS) is 19.8. The molecule has 0 unspecified atom stereocenters. The molecule has 1 saturated heterocycles. The monoisotopic (exact) mass is 310 g/mol. The number of amides is 2. The van der Waals surface area contributed by atoms with Crippen molar-refractivity contribution in [3.05, 3.63) is 53.3 Å². The van der Waals surface area contributed by atoms with E-state index < -0.39 is 0 Å². The number of nitrogens with zero attached hydrogens (tertiary/aromatic N) is 3. The molecule has 1 fully saturated rings. The van der Waals surface area contributed by atoms with E-state index >= 15 is 0 Å². The number of carbonyl (C=O) groups is 1. The quantitative estimate of drug-likeness (QED) is 0.947. The van der Waals surface area contributed by atoms with Crippen molar-refractivity contribution < 1.29 is 4.79 Å². The van der Waals surface area contributed by atoms with Crippen molar-refractivity contribution in [2.75, 3.05) is 13.1 Å². The molecule has 23 heavy (non-hydrogen) atoms. The third kappa shape index (κ3) is 2.83. The van der Waals surface area contributed by atoms with Gasteiger partial charge in [0.1, 0.15) is 0 Å². The van der Waals surface area contributed by atoms with Crippen LogP contribution < -0.4 is 5.32 Å². The number of carbonyl (C=O) groups excluding carboxylic acids is 1. The molecule has 1 aliphatic carbocycles. The van der Waals surface area contributed by atoms with Crippen molar-refractivity contribution in [1.29, 1.82) is 0 Å². The third-order valence-electron chi connectivity index (χ3n) is 4.88. The molecule has 2 aliphatic rings.